The minimum Gasteiger partial charge on any atom is -0.452 e. The van der Waals surface area contributed by atoms with Gasteiger partial charge in [-0.25, -0.2) is 22.7 Å². The van der Waals surface area contributed by atoms with Gasteiger partial charge in [0.25, 0.3) is 5.91 Å². The minimum atomic E-state index is -3.94. The Bertz CT molecular complexity index is 976. The number of hydrogen-bond acceptors (Lipinski definition) is 6. The Kier molecular flexibility index (Phi) is 5.58. The Hall–Kier alpha value is -2.98. The van der Waals surface area contributed by atoms with Gasteiger partial charge in [-0.1, -0.05) is 6.07 Å². The van der Waals surface area contributed by atoms with E-state index in [4.69, 9.17) is 15.6 Å². The lowest BCUT2D eigenvalue weighted by molar-refractivity contribution is -0.119. The number of benzene rings is 2. The van der Waals surface area contributed by atoms with Crippen LogP contribution in [0.25, 0.3) is 0 Å². The van der Waals surface area contributed by atoms with E-state index in [1.54, 1.807) is 6.92 Å². The molecular weight excluding hydrogens is 365 g/mol. The van der Waals surface area contributed by atoms with Gasteiger partial charge in [0.1, 0.15) is 5.82 Å². The number of nitrogens with two attached hydrogens (primary N) is 2. The van der Waals surface area contributed by atoms with E-state index in [1.807, 2.05) is 0 Å². The Morgan fingerprint density at radius 3 is 2.50 bits per heavy atom. The second kappa shape index (κ2) is 7.50. The van der Waals surface area contributed by atoms with Crippen LogP contribution in [0.1, 0.15) is 15.9 Å². The molecule has 0 fully saturated rings. The molecule has 0 saturated heterocycles. The lowest BCUT2D eigenvalue weighted by atomic mass is 10.2. The number of nitrogens with one attached hydrogen (secondary N) is 1. The molecule has 5 N–H and O–H groups in total. The van der Waals surface area contributed by atoms with Crippen LogP contribution in [-0.2, 0) is 19.6 Å². The van der Waals surface area contributed by atoms with Crippen LogP contribution < -0.4 is 16.2 Å². The van der Waals surface area contributed by atoms with Gasteiger partial charge in [-0.2, -0.15) is 0 Å². The van der Waals surface area contributed by atoms with Crippen molar-refractivity contribution in [3.05, 3.63) is 53.3 Å². The zero-order valence-corrected chi connectivity index (χ0v) is 14.5. The largest absolute Gasteiger partial charge is 0.452 e. The van der Waals surface area contributed by atoms with E-state index in [0.29, 0.717) is 5.56 Å². The first-order valence-electron chi connectivity index (χ1n) is 7.23. The Balaban J connectivity index is 2.02. The molecule has 0 aliphatic rings. The van der Waals surface area contributed by atoms with Crippen molar-refractivity contribution < 1.29 is 27.1 Å². The molecule has 138 valence electrons. The maximum atomic E-state index is 13.0. The van der Waals surface area contributed by atoms with Gasteiger partial charge < -0.3 is 15.8 Å². The number of primary sulfonamides is 1. The molecule has 8 nitrogen and oxygen atoms in total. The first-order chi connectivity index (χ1) is 12.1. The second-order valence-corrected chi connectivity index (χ2v) is 6.91. The van der Waals surface area contributed by atoms with Gasteiger partial charge in [0.15, 0.2) is 6.61 Å². The molecule has 0 saturated carbocycles. The lowest BCUT2D eigenvalue weighted by Crippen LogP contribution is -2.22. The molecule has 2 aromatic carbocycles. The van der Waals surface area contributed by atoms with Crippen LogP contribution in [-0.4, -0.2) is 26.9 Å². The number of anilines is 2. The molecule has 0 spiro atoms. The fraction of sp³-hybridized carbons (Fsp3) is 0.125. The lowest BCUT2D eigenvalue weighted by Gasteiger charge is -2.10. The third kappa shape index (κ3) is 4.77. The summed E-state index contributed by atoms with van der Waals surface area (Å²) in [5.41, 5.74) is 5.91. The molecule has 0 bridgehead atoms. The highest BCUT2D eigenvalue weighted by Crippen LogP contribution is 2.19. The molecule has 10 heteroatoms. The van der Waals surface area contributed by atoms with E-state index in [2.05, 4.69) is 5.32 Å². The summed E-state index contributed by atoms with van der Waals surface area (Å²) in [7, 11) is -3.94. The predicted octanol–water partition coefficient (Wildman–Crippen LogP) is 1.16. The number of halogens is 1. The fourth-order valence-corrected chi connectivity index (χ4v) is 2.92. The van der Waals surface area contributed by atoms with Gasteiger partial charge >= 0.3 is 5.97 Å². The highest BCUT2D eigenvalue weighted by Gasteiger charge is 2.16. The molecular formula is C16H16FN3O5S. The van der Waals surface area contributed by atoms with Crippen molar-refractivity contribution in [1.29, 1.82) is 0 Å². The zero-order chi connectivity index (χ0) is 19.5. The summed E-state index contributed by atoms with van der Waals surface area (Å²) in [6.07, 6.45) is 0. The van der Waals surface area contributed by atoms with Crippen molar-refractivity contribution in [3.63, 3.8) is 0 Å². The van der Waals surface area contributed by atoms with E-state index in [-0.39, 0.29) is 21.8 Å². The summed E-state index contributed by atoms with van der Waals surface area (Å²) in [6.45, 7) is 0.911. The van der Waals surface area contributed by atoms with Crippen LogP contribution in [0.4, 0.5) is 15.8 Å². The Morgan fingerprint density at radius 2 is 1.88 bits per heavy atom. The average molecular weight is 381 g/mol. The standard InChI is InChI=1S/C16H16FN3O5S/c1-9-2-4-11(7-14(9)26(19,23)24)20-15(21)8-25-16(22)12-5-3-10(17)6-13(12)18/h2-7H,8,18H2,1H3,(H,20,21)(H2,19,23,24). The molecule has 2 aromatic rings. The summed E-state index contributed by atoms with van der Waals surface area (Å²) in [5.74, 6) is -2.21. The number of rotatable bonds is 5. The third-order valence-corrected chi connectivity index (χ3v) is 4.40. The number of ether oxygens (including phenoxy) is 1. The van der Waals surface area contributed by atoms with Crippen LogP contribution in [0, 0.1) is 12.7 Å². The SMILES string of the molecule is Cc1ccc(NC(=O)COC(=O)c2ccc(F)cc2N)cc1S(N)(=O)=O. The minimum absolute atomic E-state index is 0.0777. The number of nitrogen functional groups attached to an aromatic ring is 1. The van der Waals surface area contributed by atoms with Crippen molar-refractivity contribution in [2.24, 2.45) is 5.14 Å². The van der Waals surface area contributed by atoms with Crippen molar-refractivity contribution in [2.75, 3.05) is 17.7 Å². The first-order valence-corrected chi connectivity index (χ1v) is 8.78. The maximum Gasteiger partial charge on any atom is 0.340 e. The molecule has 0 unspecified atom stereocenters. The van der Waals surface area contributed by atoms with Crippen LogP contribution in [0.15, 0.2) is 41.3 Å². The first kappa shape index (κ1) is 19.3. The van der Waals surface area contributed by atoms with Crippen molar-refractivity contribution >= 4 is 33.3 Å². The van der Waals surface area contributed by atoms with Gasteiger partial charge in [-0.05, 0) is 42.8 Å². The number of carbonyl (C=O) groups is 2. The smallest absolute Gasteiger partial charge is 0.340 e. The molecule has 26 heavy (non-hydrogen) atoms. The molecule has 0 aromatic heterocycles. The molecule has 0 aliphatic heterocycles. The fourth-order valence-electron chi connectivity index (χ4n) is 2.11. The number of hydrogen-bond donors (Lipinski definition) is 3. The topological polar surface area (TPSA) is 142 Å². The van der Waals surface area contributed by atoms with Crippen LogP contribution >= 0.6 is 0 Å². The van der Waals surface area contributed by atoms with Gasteiger partial charge in [0.2, 0.25) is 10.0 Å². The number of aryl methyl sites for hydroxylation is 1. The number of esters is 1. The number of carbonyl (C=O) groups excluding carboxylic acids is 2. The summed E-state index contributed by atoms with van der Waals surface area (Å²) in [5, 5.41) is 7.48. The predicted molar refractivity (Wildman–Crippen MR) is 92.3 cm³/mol. The quantitative estimate of drug-likeness (QED) is 0.524. The highest BCUT2D eigenvalue weighted by molar-refractivity contribution is 7.89. The molecule has 0 aliphatic carbocycles. The average Bonchev–Trinajstić information content (AvgIpc) is 2.53. The van der Waals surface area contributed by atoms with Crippen molar-refractivity contribution in [2.45, 2.75) is 11.8 Å². The molecule has 2 rings (SSSR count). The zero-order valence-electron chi connectivity index (χ0n) is 13.7. The van der Waals surface area contributed by atoms with Crippen molar-refractivity contribution in [3.8, 4) is 0 Å². The maximum absolute atomic E-state index is 13.0. The van der Waals surface area contributed by atoms with E-state index in [0.717, 1.165) is 18.2 Å². The second-order valence-electron chi connectivity index (χ2n) is 5.38. The van der Waals surface area contributed by atoms with Crippen LogP contribution in [0.5, 0.6) is 0 Å². The third-order valence-electron chi connectivity index (χ3n) is 3.35. The van der Waals surface area contributed by atoms with Gasteiger partial charge in [0.05, 0.1) is 10.5 Å². The highest BCUT2D eigenvalue weighted by atomic mass is 32.2. The van der Waals surface area contributed by atoms with E-state index in [9.17, 15) is 22.4 Å². The normalized spacial score (nSPS) is 11.0. The monoisotopic (exact) mass is 381 g/mol. The molecule has 0 atom stereocenters. The van der Waals surface area contributed by atoms with Crippen molar-refractivity contribution in [1.82, 2.24) is 0 Å². The summed E-state index contributed by atoms with van der Waals surface area (Å²) in [6, 6.07) is 7.28. The van der Waals surface area contributed by atoms with Gasteiger partial charge in [-0.15, -0.1) is 0 Å². The number of sulfonamides is 1. The summed E-state index contributed by atoms with van der Waals surface area (Å²) < 4.78 is 40.7. The Morgan fingerprint density at radius 1 is 1.19 bits per heavy atom. The van der Waals surface area contributed by atoms with E-state index < -0.39 is 34.3 Å². The van der Waals surface area contributed by atoms with Crippen LogP contribution in [0.2, 0.25) is 0 Å². The van der Waals surface area contributed by atoms with Crippen LogP contribution in [0.3, 0.4) is 0 Å². The summed E-state index contributed by atoms with van der Waals surface area (Å²) in [4.78, 5) is 23.6. The van der Waals surface area contributed by atoms with Gasteiger partial charge in [-0.3, -0.25) is 4.79 Å². The van der Waals surface area contributed by atoms with Gasteiger partial charge in [0, 0.05) is 11.4 Å². The van der Waals surface area contributed by atoms with E-state index in [1.165, 1.54) is 18.2 Å². The summed E-state index contributed by atoms with van der Waals surface area (Å²) >= 11 is 0. The molecule has 0 heterocycles. The number of amides is 1. The van der Waals surface area contributed by atoms with E-state index >= 15 is 0 Å². The molecule has 1 amide bonds. The molecule has 0 radical (unpaired) electrons. The Labute approximate surface area is 149 Å².